The molecule has 1 aliphatic rings. The molecule has 2 amide bonds. The van der Waals surface area contributed by atoms with Crippen molar-refractivity contribution in [2.75, 3.05) is 11.9 Å². The molecule has 0 aromatic carbocycles. The van der Waals surface area contributed by atoms with Crippen LogP contribution in [0, 0.1) is 5.92 Å². The van der Waals surface area contributed by atoms with Crippen LogP contribution in [-0.4, -0.2) is 28.6 Å². The summed E-state index contributed by atoms with van der Waals surface area (Å²) in [6.45, 7) is 2.06. The normalized spacial score (nSPS) is 14.7. The van der Waals surface area contributed by atoms with Crippen molar-refractivity contribution in [3.8, 4) is 0 Å². The molecule has 110 valence electrons. The number of nitrogens with one attached hydrogen (secondary N) is 2. The van der Waals surface area contributed by atoms with E-state index in [1.165, 1.54) is 16.2 Å². The smallest absolute Gasteiger partial charge is 0.321 e. The van der Waals surface area contributed by atoms with Crippen LogP contribution in [-0.2, 0) is 17.6 Å². The van der Waals surface area contributed by atoms with Gasteiger partial charge in [0.25, 0.3) is 0 Å². The average Bonchev–Trinajstić information content (AvgIpc) is 2.94. The van der Waals surface area contributed by atoms with Crippen LogP contribution in [0.5, 0.6) is 0 Å². The molecule has 1 aromatic heterocycles. The second-order valence-electron chi connectivity index (χ2n) is 4.90. The van der Waals surface area contributed by atoms with Crippen LogP contribution in [0.15, 0.2) is 0 Å². The third-order valence-electron chi connectivity index (χ3n) is 3.31. The summed E-state index contributed by atoms with van der Waals surface area (Å²) in [7, 11) is 0. The Morgan fingerprint density at radius 2 is 2.25 bits per heavy atom. The van der Waals surface area contributed by atoms with Crippen LogP contribution in [0.1, 0.15) is 36.8 Å². The Balaban J connectivity index is 1.81. The van der Waals surface area contributed by atoms with Gasteiger partial charge in [-0.15, -0.1) is 11.3 Å². The lowest BCUT2D eigenvalue weighted by Gasteiger charge is -2.12. The van der Waals surface area contributed by atoms with Gasteiger partial charge in [0.2, 0.25) is 0 Å². The Labute approximate surface area is 121 Å². The minimum absolute atomic E-state index is 0.139. The fourth-order valence-corrected chi connectivity index (χ4v) is 3.31. The first-order valence-corrected chi connectivity index (χ1v) is 7.68. The van der Waals surface area contributed by atoms with E-state index in [9.17, 15) is 9.59 Å². The number of aromatic nitrogens is 1. The van der Waals surface area contributed by atoms with Crippen molar-refractivity contribution in [1.29, 1.82) is 0 Å². The fraction of sp³-hybridized carbons (Fsp3) is 0.615. The fourth-order valence-electron chi connectivity index (χ4n) is 2.26. The van der Waals surface area contributed by atoms with Crippen LogP contribution in [0.25, 0.3) is 0 Å². The number of anilines is 1. The van der Waals surface area contributed by atoms with E-state index in [2.05, 4.69) is 15.6 Å². The van der Waals surface area contributed by atoms with Crippen molar-refractivity contribution in [3.63, 3.8) is 0 Å². The summed E-state index contributed by atoms with van der Waals surface area (Å²) in [5, 5.41) is 14.9. The van der Waals surface area contributed by atoms with E-state index in [0.717, 1.165) is 31.4 Å². The van der Waals surface area contributed by atoms with Gasteiger partial charge in [-0.25, -0.2) is 9.78 Å². The van der Waals surface area contributed by atoms with Gasteiger partial charge in [-0.3, -0.25) is 10.1 Å². The number of fused-ring (bicyclic) bond motifs is 1. The number of carboxylic acids is 1. The Bertz CT molecular complexity index is 480. The van der Waals surface area contributed by atoms with Crippen molar-refractivity contribution in [2.45, 2.75) is 39.0 Å². The SMILES string of the molecule is CCCC(CNC(=O)Nc1nc2c(s1)CCC2)C(=O)O. The lowest BCUT2D eigenvalue weighted by atomic mass is 10.0. The quantitative estimate of drug-likeness (QED) is 0.751. The summed E-state index contributed by atoms with van der Waals surface area (Å²) in [6, 6.07) is -0.389. The molecule has 0 fully saturated rings. The zero-order valence-electron chi connectivity index (χ0n) is 11.4. The molecule has 1 aliphatic carbocycles. The molecule has 0 spiro atoms. The molecule has 6 nitrogen and oxygen atoms in total. The Kier molecular flexibility index (Phi) is 4.94. The number of rotatable bonds is 6. The number of thiazole rings is 1. The first-order valence-electron chi connectivity index (χ1n) is 6.86. The zero-order valence-corrected chi connectivity index (χ0v) is 12.3. The second-order valence-corrected chi connectivity index (χ2v) is 5.98. The summed E-state index contributed by atoms with van der Waals surface area (Å²) in [6.07, 6.45) is 4.49. The van der Waals surface area contributed by atoms with Gasteiger partial charge in [-0.2, -0.15) is 0 Å². The molecule has 0 saturated carbocycles. The van der Waals surface area contributed by atoms with E-state index in [4.69, 9.17) is 5.11 Å². The average molecular weight is 297 g/mol. The van der Waals surface area contributed by atoms with Gasteiger partial charge in [0.05, 0.1) is 11.6 Å². The van der Waals surface area contributed by atoms with E-state index in [1.807, 2.05) is 6.92 Å². The van der Waals surface area contributed by atoms with E-state index < -0.39 is 11.9 Å². The number of carbonyl (C=O) groups excluding carboxylic acids is 1. The number of aliphatic carboxylic acids is 1. The molecule has 0 radical (unpaired) electrons. The number of hydrogen-bond donors (Lipinski definition) is 3. The molecule has 20 heavy (non-hydrogen) atoms. The lowest BCUT2D eigenvalue weighted by molar-refractivity contribution is -0.141. The summed E-state index contributed by atoms with van der Waals surface area (Å²) >= 11 is 1.50. The van der Waals surface area contributed by atoms with Gasteiger partial charge in [0.15, 0.2) is 5.13 Å². The monoisotopic (exact) mass is 297 g/mol. The predicted octanol–water partition coefficient (Wildman–Crippen LogP) is 2.25. The summed E-state index contributed by atoms with van der Waals surface area (Å²) < 4.78 is 0. The lowest BCUT2D eigenvalue weighted by Crippen LogP contribution is -2.35. The highest BCUT2D eigenvalue weighted by Crippen LogP contribution is 2.30. The maximum atomic E-state index is 11.7. The van der Waals surface area contributed by atoms with Crippen molar-refractivity contribution in [1.82, 2.24) is 10.3 Å². The number of carbonyl (C=O) groups is 2. The number of urea groups is 1. The molecule has 2 rings (SSSR count). The topological polar surface area (TPSA) is 91.3 Å². The van der Waals surface area contributed by atoms with Gasteiger partial charge < -0.3 is 10.4 Å². The molecule has 0 aliphatic heterocycles. The van der Waals surface area contributed by atoms with Gasteiger partial charge in [-0.1, -0.05) is 13.3 Å². The van der Waals surface area contributed by atoms with Crippen LogP contribution >= 0.6 is 11.3 Å². The molecule has 1 unspecified atom stereocenters. The number of nitrogens with zero attached hydrogens (tertiary/aromatic N) is 1. The number of carboxylic acid groups (broad SMARTS) is 1. The Morgan fingerprint density at radius 1 is 1.45 bits per heavy atom. The summed E-state index contributed by atoms with van der Waals surface area (Å²) in [5.41, 5.74) is 1.08. The van der Waals surface area contributed by atoms with Gasteiger partial charge >= 0.3 is 12.0 Å². The zero-order chi connectivity index (χ0) is 14.5. The largest absolute Gasteiger partial charge is 0.481 e. The standard InChI is InChI=1S/C13H19N3O3S/c1-2-4-8(11(17)18)7-14-12(19)16-13-15-9-5-3-6-10(9)20-13/h8H,2-7H2,1H3,(H,17,18)(H2,14,15,16,19). The predicted molar refractivity (Wildman–Crippen MR) is 77.2 cm³/mol. The molecule has 0 saturated heterocycles. The first-order chi connectivity index (χ1) is 9.60. The van der Waals surface area contributed by atoms with Crippen LogP contribution in [0.4, 0.5) is 9.93 Å². The minimum Gasteiger partial charge on any atom is -0.481 e. The van der Waals surface area contributed by atoms with Crippen molar-refractivity contribution in [3.05, 3.63) is 10.6 Å². The Morgan fingerprint density at radius 3 is 2.90 bits per heavy atom. The molecule has 7 heteroatoms. The number of hydrogen-bond acceptors (Lipinski definition) is 4. The van der Waals surface area contributed by atoms with E-state index in [0.29, 0.717) is 11.6 Å². The molecule has 0 bridgehead atoms. The van der Waals surface area contributed by atoms with Gasteiger partial charge in [0.1, 0.15) is 0 Å². The summed E-state index contributed by atoms with van der Waals surface area (Å²) in [5.74, 6) is -1.41. The second kappa shape index (κ2) is 6.69. The van der Waals surface area contributed by atoms with Gasteiger partial charge in [-0.05, 0) is 25.7 Å². The third-order valence-corrected chi connectivity index (χ3v) is 4.38. The highest BCUT2D eigenvalue weighted by atomic mass is 32.1. The summed E-state index contributed by atoms with van der Waals surface area (Å²) in [4.78, 5) is 28.3. The molecule has 1 aromatic rings. The molecule has 3 N–H and O–H groups in total. The molecular weight excluding hydrogens is 278 g/mol. The number of aryl methyl sites for hydroxylation is 2. The van der Waals surface area contributed by atoms with Crippen LogP contribution in [0.2, 0.25) is 0 Å². The minimum atomic E-state index is -0.875. The highest BCUT2D eigenvalue weighted by molar-refractivity contribution is 7.15. The van der Waals surface area contributed by atoms with Crippen LogP contribution < -0.4 is 10.6 Å². The maximum Gasteiger partial charge on any atom is 0.321 e. The van der Waals surface area contributed by atoms with Gasteiger partial charge in [0, 0.05) is 11.4 Å². The van der Waals surface area contributed by atoms with Crippen LogP contribution in [0.3, 0.4) is 0 Å². The van der Waals surface area contributed by atoms with E-state index in [1.54, 1.807) is 0 Å². The number of amides is 2. The molecular formula is C13H19N3O3S. The maximum absolute atomic E-state index is 11.7. The molecule has 1 heterocycles. The van der Waals surface area contributed by atoms with Crippen molar-refractivity contribution in [2.24, 2.45) is 5.92 Å². The highest BCUT2D eigenvalue weighted by Gasteiger charge is 2.19. The first kappa shape index (κ1) is 14.8. The van der Waals surface area contributed by atoms with Crippen molar-refractivity contribution >= 4 is 28.5 Å². The molecule has 1 atom stereocenters. The Hall–Kier alpha value is -1.63. The van der Waals surface area contributed by atoms with E-state index >= 15 is 0 Å². The third kappa shape index (κ3) is 3.69. The van der Waals surface area contributed by atoms with Crippen molar-refractivity contribution < 1.29 is 14.7 Å². The van der Waals surface area contributed by atoms with E-state index in [-0.39, 0.29) is 12.6 Å².